The summed E-state index contributed by atoms with van der Waals surface area (Å²) in [5, 5.41) is 2.92. The second-order valence-corrected chi connectivity index (χ2v) is 8.46. The summed E-state index contributed by atoms with van der Waals surface area (Å²) in [5.74, 6) is -0.0168. The summed E-state index contributed by atoms with van der Waals surface area (Å²) in [7, 11) is -5.20. The van der Waals surface area contributed by atoms with E-state index in [1.165, 1.54) is 24.3 Å². The molecule has 1 rings (SSSR count). The predicted octanol–water partition coefficient (Wildman–Crippen LogP) is 0.366. The average Bonchev–Trinajstić information content (AvgIpc) is 2.45. The summed E-state index contributed by atoms with van der Waals surface area (Å²) in [4.78, 5) is 0.179. The zero-order valence-corrected chi connectivity index (χ0v) is 13.4. The van der Waals surface area contributed by atoms with Gasteiger partial charge in [0.2, 0.25) is 10.0 Å². The van der Waals surface area contributed by atoms with Gasteiger partial charge >= 0.3 is 0 Å². The number of rotatable bonds is 7. The summed E-state index contributed by atoms with van der Waals surface area (Å²) in [6.07, 6.45) is 0. The molecule has 1 atom stereocenters. The van der Waals surface area contributed by atoms with Crippen molar-refractivity contribution in [3.8, 4) is 0 Å². The molecule has 0 bridgehead atoms. The molecule has 20 heavy (non-hydrogen) atoms. The Balaban J connectivity index is 2.93. The Morgan fingerprint density at radius 3 is 2.00 bits per heavy atom. The van der Waals surface area contributed by atoms with Crippen LogP contribution in [0, 0.1) is 0 Å². The van der Waals surface area contributed by atoms with Gasteiger partial charge in [-0.1, -0.05) is 6.92 Å². The van der Waals surface area contributed by atoms with Crippen molar-refractivity contribution in [2.24, 2.45) is 0 Å². The molecule has 0 radical (unpaired) electrons. The highest BCUT2D eigenvalue weighted by Gasteiger charge is 2.17. The third-order valence-corrected chi connectivity index (χ3v) is 6.14. The number of hydrogen-bond donors (Lipinski definition) is 2. The molecule has 2 N–H and O–H groups in total. The fourth-order valence-electron chi connectivity index (χ4n) is 1.41. The molecule has 0 aliphatic rings. The van der Waals surface area contributed by atoms with Gasteiger partial charge in [-0.15, -0.1) is 0 Å². The minimum absolute atomic E-state index is 0.00418. The normalized spacial score (nSPS) is 14.2. The highest BCUT2D eigenvalue weighted by Crippen LogP contribution is 2.15. The quantitative estimate of drug-likeness (QED) is 0.757. The van der Waals surface area contributed by atoms with E-state index in [1.54, 1.807) is 14.0 Å². The summed E-state index contributed by atoms with van der Waals surface area (Å²) in [6, 6.07) is 5.23. The van der Waals surface area contributed by atoms with E-state index < -0.39 is 19.9 Å². The first kappa shape index (κ1) is 17.1. The lowest BCUT2D eigenvalue weighted by Gasteiger charge is -2.12. The minimum atomic E-state index is -3.62. The van der Waals surface area contributed by atoms with E-state index in [-0.39, 0.29) is 28.1 Å². The molecular weight excluding hydrogens is 300 g/mol. The lowest BCUT2D eigenvalue weighted by atomic mass is 10.4. The largest absolute Gasteiger partial charge is 0.316 e. The van der Waals surface area contributed by atoms with Crippen LogP contribution in [0.25, 0.3) is 0 Å². The molecule has 114 valence electrons. The van der Waals surface area contributed by atoms with Crippen LogP contribution in [0.4, 0.5) is 0 Å². The molecule has 1 aromatic carbocycles. The molecule has 6 nitrogen and oxygen atoms in total. The zero-order chi connectivity index (χ0) is 15.4. The topological polar surface area (TPSA) is 92.3 Å². The predicted molar refractivity (Wildman–Crippen MR) is 77.9 cm³/mol. The zero-order valence-electron chi connectivity index (χ0n) is 11.8. The van der Waals surface area contributed by atoms with Gasteiger partial charge in [-0.2, -0.15) is 0 Å². The number of benzene rings is 1. The van der Waals surface area contributed by atoms with Gasteiger partial charge in [0.25, 0.3) is 0 Å². The molecule has 0 spiro atoms. The lowest BCUT2D eigenvalue weighted by Crippen LogP contribution is -2.37. The summed E-state index contributed by atoms with van der Waals surface area (Å²) in [5.41, 5.74) is 0. The third-order valence-electron chi connectivity index (χ3n) is 2.95. The van der Waals surface area contributed by atoms with E-state index in [9.17, 15) is 16.8 Å². The van der Waals surface area contributed by atoms with Gasteiger partial charge < -0.3 is 5.32 Å². The maximum Gasteiger partial charge on any atom is 0.240 e. The molecule has 0 fully saturated rings. The van der Waals surface area contributed by atoms with E-state index in [4.69, 9.17) is 0 Å². The van der Waals surface area contributed by atoms with Crippen molar-refractivity contribution in [2.45, 2.75) is 29.7 Å². The van der Waals surface area contributed by atoms with E-state index in [2.05, 4.69) is 10.0 Å². The fraction of sp³-hybridized carbons (Fsp3) is 0.500. The Kier molecular flexibility index (Phi) is 5.69. The molecular formula is C12H20N2O4S2. The van der Waals surface area contributed by atoms with Crippen LogP contribution in [0.3, 0.4) is 0 Å². The Morgan fingerprint density at radius 1 is 1.05 bits per heavy atom. The van der Waals surface area contributed by atoms with E-state index in [0.717, 1.165) is 0 Å². The third kappa shape index (κ3) is 4.27. The Labute approximate surface area is 120 Å². The number of hydrogen-bond acceptors (Lipinski definition) is 5. The monoisotopic (exact) mass is 320 g/mol. The lowest BCUT2D eigenvalue weighted by molar-refractivity contribution is 0.554. The van der Waals surface area contributed by atoms with Crippen molar-refractivity contribution in [2.75, 3.05) is 19.3 Å². The van der Waals surface area contributed by atoms with Gasteiger partial charge in [0.1, 0.15) is 0 Å². The van der Waals surface area contributed by atoms with Crippen molar-refractivity contribution in [3.63, 3.8) is 0 Å². The first-order valence-electron chi connectivity index (χ1n) is 6.22. The fourth-order valence-corrected chi connectivity index (χ4v) is 3.43. The SMILES string of the molecule is CCS(=O)(=O)c1ccc(S(=O)(=O)NCC(C)NC)cc1. The van der Waals surface area contributed by atoms with Gasteiger partial charge in [-0.05, 0) is 38.2 Å². The second-order valence-electron chi connectivity index (χ2n) is 4.42. The molecule has 0 saturated carbocycles. The van der Waals surface area contributed by atoms with Gasteiger partial charge in [-0.3, -0.25) is 0 Å². The summed E-state index contributed by atoms with van der Waals surface area (Å²) in [6.45, 7) is 3.65. The number of likely N-dealkylation sites (N-methyl/N-ethyl adjacent to an activating group) is 1. The van der Waals surface area contributed by atoms with Crippen LogP contribution in [-0.2, 0) is 19.9 Å². The Morgan fingerprint density at radius 2 is 1.55 bits per heavy atom. The minimum Gasteiger partial charge on any atom is -0.316 e. The van der Waals surface area contributed by atoms with Crippen LogP contribution in [0.15, 0.2) is 34.1 Å². The van der Waals surface area contributed by atoms with Crippen LogP contribution >= 0.6 is 0 Å². The van der Waals surface area contributed by atoms with Crippen LogP contribution < -0.4 is 10.0 Å². The standard InChI is InChI=1S/C12H20N2O4S2/c1-4-19(15,16)11-5-7-12(8-6-11)20(17,18)14-9-10(2)13-3/h5-8,10,13-14H,4,9H2,1-3H3. The molecule has 1 unspecified atom stereocenters. The molecule has 0 heterocycles. The van der Waals surface area contributed by atoms with Crippen LogP contribution in [0.2, 0.25) is 0 Å². The highest BCUT2D eigenvalue weighted by molar-refractivity contribution is 7.91. The summed E-state index contributed by atoms with van der Waals surface area (Å²) >= 11 is 0. The van der Waals surface area contributed by atoms with Crippen LogP contribution in [-0.4, -0.2) is 42.2 Å². The smallest absolute Gasteiger partial charge is 0.240 e. The van der Waals surface area contributed by atoms with Crippen molar-refractivity contribution < 1.29 is 16.8 Å². The maximum absolute atomic E-state index is 12.0. The first-order valence-corrected chi connectivity index (χ1v) is 9.36. The van der Waals surface area contributed by atoms with Crippen molar-refractivity contribution in [1.29, 1.82) is 0 Å². The highest BCUT2D eigenvalue weighted by atomic mass is 32.2. The van der Waals surface area contributed by atoms with Gasteiger partial charge in [0.15, 0.2) is 9.84 Å². The van der Waals surface area contributed by atoms with Gasteiger partial charge in [0, 0.05) is 12.6 Å². The first-order chi connectivity index (χ1) is 9.23. The number of sulfonamides is 1. The number of nitrogens with one attached hydrogen (secondary N) is 2. The van der Waals surface area contributed by atoms with Crippen LogP contribution in [0.1, 0.15) is 13.8 Å². The molecule has 0 aromatic heterocycles. The maximum atomic E-state index is 12.0. The van der Waals surface area contributed by atoms with E-state index >= 15 is 0 Å². The molecule has 0 aliphatic carbocycles. The number of sulfone groups is 1. The molecule has 0 amide bonds. The molecule has 0 aliphatic heterocycles. The summed E-state index contributed by atoms with van der Waals surface area (Å²) < 4.78 is 49.7. The average molecular weight is 320 g/mol. The van der Waals surface area contributed by atoms with Gasteiger partial charge in [-0.25, -0.2) is 21.6 Å². The molecule has 1 aromatic rings. The Hall–Kier alpha value is -0.960. The Bertz CT molecular complexity index is 637. The molecule has 0 saturated heterocycles. The van der Waals surface area contributed by atoms with Crippen molar-refractivity contribution in [3.05, 3.63) is 24.3 Å². The van der Waals surface area contributed by atoms with Crippen molar-refractivity contribution >= 4 is 19.9 Å². The second kappa shape index (κ2) is 6.66. The van der Waals surface area contributed by atoms with Gasteiger partial charge in [0.05, 0.1) is 15.5 Å². The molecule has 8 heteroatoms. The van der Waals surface area contributed by atoms with E-state index in [1.807, 2.05) is 6.92 Å². The van der Waals surface area contributed by atoms with Crippen LogP contribution in [0.5, 0.6) is 0 Å². The van der Waals surface area contributed by atoms with E-state index in [0.29, 0.717) is 0 Å². The van der Waals surface area contributed by atoms with Crippen molar-refractivity contribution in [1.82, 2.24) is 10.0 Å².